The third-order valence-electron chi connectivity index (χ3n) is 3.65. The molecule has 3 heteroatoms. The lowest BCUT2D eigenvalue weighted by atomic mass is 10.0. The predicted octanol–water partition coefficient (Wildman–Crippen LogP) is 4.22. The van der Waals surface area contributed by atoms with Crippen LogP contribution >= 0.6 is 0 Å². The van der Waals surface area contributed by atoms with E-state index >= 15 is 0 Å². The largest absolute Gasteiger partial charge is 0.497 e. The number of aryl methyl sites for hydroxylation is 2. The van der Waals surface area contributed by atoms with Gasteiger partial charge < -0.3 is 9.47 Å². The molecule has 0 unspecified atom stereocenters. The Kier molecular flexibility index (Phi) is 4.99. The Morgan fingerprint density at radius 3 is 2.36 bits per heavy atom. The molecule has 2 rings (SSSR count). The first-order valence-electron chi connectivity index (χ1n) is 7.07. The second-order valence-electron chi connectivity index (χ2n) is 5.10. The maximum atomic E-state index is 12.3. The van der Waals surface area contributed by atoms with Crippen LogP contribution in [0.15, 0.2) is 42.5 Å². The van der Waals surface area contributed by atoms with Crippen LogP contribution in [0, 0.1) is 13.8 Å². The molecule has 114 valence electrons. The molecule has 0 spiro atoms. The first-order valence-corrected chi connectivity index (χ1v) is 7.07. The predicted molar refractivity (Wildman–Crippen MR) is 88.8 cm³/mol. The monoisotopic (exact) mass is 296 g/mol. The molecule has 0 N–H and O–H groups in total. The zero-order valence-electron chi connectivity index (χ0n) is 13.3. The van der Waals surface area contributed by atoms with E-state index < -0.39 is 0 Å². The molecule has 0 aliphatic rings. The van der Waals surface area contributed by atoms with Crippen molar-refractivity contribution in [3.63, 3.8) is 0 Å². The van der Waals surface area contributed by atoms with E-state index in [0.29, 0.717) is 11.3 Å². The van der Waals surface area contributed by atoms with Gasteiger partial charge in [-0.05, 0) is 55.3 Å². The van der Waals surface area contributed by atoms with Crippen molar-refractivity contribution in [3.8, 4) is 11.5 Å². The molecule has 0 amide bonds. The van der Waals surface area contributed by atoms with Gasteiger partial charge in [-0.1, -0.05) is 12.1 Å². The van der Waals surface area contributed by atoms with Gasteiger partial charge in [0.05, 0.1) is 14.2 Å². The number of rotatable bonds is 5. The molecule has 0 heterocycles. The summed E-state index contributed by atoms with van der Waals surface area (Å²) in [5.74, 6) is 1.36. The van der Waals surface area contributed by atoms with Crippen LogP contribution in [0.25, 0.3) is 6.08 Å². The van der Waals surface area contributed by atoms with Crippen LogP contribution in [-0.4, -0.2) is 20.0 Å². The molecule has 0 aromatic heterocycles. The highest BCUT2D eigenvalue weighted by atomic mass is 16.5. The quantitative estimate of drug-likeness (QED) is 0.612. The van der Waals surface area contributed by atoms with Crippen molar-refractivity contribution in [2.45, 2.75) is 13.8 Å². The number of carbonyl (C=O) groups excluding carboxylic acids is 1. The van der Waals surface area contributed by atoms with Gasteiger partial charge in [-0.15, -0.1) is 0 Å². The Balaban J connectivity index is 2.24. The Morgan fingerprint density at radius 1 is 0.955 bits per heavy atom. The SMILES string of the molecule is COc1ccc(C=CC(=O)c2ccc(C)c(C)c2)c(OC)c1. The second-order valence-corrected chi connectivity index (χ2v) is 5.10. The molecule has 0 aliphatic carbocycles. The summed E-state index contributed by atoms with van der Waals surface area (Å²) in [6, 6.07) is 11.2. The zero-order valence-corrected chi connectivity index (χ0v) is 13.3. The molecular weight excluding hydrogens is 276 g/mol. The minimum atomic E-state index is -0.0269. The fraction of sp³-hybridized carbons (Fsp3) is 0.211. The van der Waals surface area contributed by atoms with Crippen molar-refractivity contribution in [2.24, 2.45) is 0 Å². The van der Waals surface area contributed by atoms with E-state index in [2.05, 4.69) is 0 Å². The molecule has 0 aliphatic heterocycles. The molecule has 3 nitrogen and oxygen atoms in total. The maximum absolute atomic E-state index is 12.3. The number of ketones is 1. The van der Waals surface area contributed by atoms with Crippen LogP contribution in [0.5, 0.6) is 11.5 Å². The number of hydrogen-bond donors (Lipinski definition) is 0. The van der Waals surface area contributed by atoms with Gasteiger partial charge in [0, 0.05) is 17.2 Å². The molecule has 2 aromatic carbocycles. The van der Waals surface area contributed by atoms with E-state index in [1.165, 1.54) is 5.56 Å². The molecule has 0 atom stereocenters. The number of allylic oxidation sites excluding steroid dienone is 1. The van der Waals surface area contributed by atoms with Gasteiger partial charge in [-0.25, -0.2) is 0 Å². The first-order chi connectivity index (χ1) is 10.5. The summed E-state index contributed by atoms with van der Waals surface area (Å²) in [6.07, 6.45) is 3.32. The van der Waals surface area contributed by atoms with E-state index in [4.69, 9.17) is 9.47 Å². The molecule has 22 heavy (non-hydrogen) atoms. The lowest BCUT2D eigenvalue weighted by Crippen LogP contribution is -1.96. The van der Waals surface area contributed by atoms with Gasteiger partial charge >= 0.3 is 0 Å². The van der Waals surface area contributed by atoms with Crippen molar-refractivity contribution in [1.29, 1.82) is 0 Å². The smallest absolute Gasteiger partial charge is 0.185 e. The van der Waals surface area contributed by atoms with E-state index in [0.717, 1.165) is 16.9 Å². The van der Waals surface area contributed by atoms with Crippen molar-refractivity contribution in [1.82, 2.24) is 0 Å². The van der Waals surface area contributed by atoms with Gasteiger partial charge in [0.2, 0.25) is 0 Å². The number of hydrogen-bond acceptors (Lipinski definition) is 3. The first kappa shape index (κ1) is 15.8. The lowest BCUT2D eigenvalue weighted by molar-refractivity contribution is 0.104. The van der Waals surface area contributed by atoms with Crippen LogP contribution in [0.4, 0.5) is 0 Å². The molecular formula is C19H20O3. The zero-order chi connectivity index (χ0) is 16.1. The fourth-order valence-corrected chi connectivity index (χ4v) is 2.11. The van der Waals surface area contributed by atoms with Crippen LogP contribution < -0.4 is 9.47 Å². The summed E-state index contributed by atoms with van der Waals surface area (Å²) in [5, 5.41) is 0. The Morgan fingerprint density at radius 2 is 1.73 bits per heavy atom. The van der Waals surface area contributed by atoms with Gasteiger partial charge in [-0.2, -0.15) is 0 Å². The molecule has 0 saturated carbocycles. The number of ether oxygens (including phenoxy) is 2. The Hall–Kier alpha value is -2.55. The Bertz CT molecular complexity index is 715. The lowest BCUT2D eigenvalue weighted by Gasteiger charge is -2.07. The number of benzene rings is 2. The Labute approximate surface area is 131 Å². The number of methoxy groups -OCH3 is 2. The van der Waals surface area contributed by atoms with Gasteiger partial charge in [0.1, 0.15) is 11.5 Å². The van der Waals surface area contributed by atoms with E-state index in [-0.39, 0.29) is 5.78 Å². The summed E-state index contributed by atoms with van der Waals surface area (Å²) >= 11 is 0. The van der Waals surface area contributed by atoms with E-state index in [9.17, 15) is 4.79 Å². The van der Waals surface area contributed by atoms with E-state index in [1.807, 2.05) is 44.2 Å². The molecule has 2 aromatic rings. The average molecular weight is 296 g/mol. The second kappa shape index (κ2) is 6.94. The summed E-state index contributed by atoms with van der Waals surface area (Å²) in [6.45, 7) is 4.03. The summed E-state index contributed by atoms with van der Waals surface area (Å²) in [7, 11) is 3.20. The highest BCUT2D eigenvalue weighted by molar-refractivity contribution is 6.07. The van der Waals surface area contributed by atoms with Crippen molar-refractivity contribution >= 4 is 11.9 Å². The fourth-order valence-electron chi connectivity index (χ4n) is 2.11. The minimum Gasteiger partial charge on any atom is -0.497 e. The highest BCUT2D eigenvalue weighted by Gasteiger charge is 2.05. The highest BCUT2D eigenvalue weighted by Crippen LogP contribution is 2.25. The standard InChI is InChI=1S/C19H20O3/c1-13-5-6-16(11-14(13)2)18(20)10-8-15-7-9-17(21-3)12-19(15)22-4/h5-12H,1-4H3. The normalized spacial score (nSPS) is 10.7. The van der Waals surface area contributed by atoms with Crippen molar-refractivity contribution < 1.29 is 14.3 Å². The molecule has 0 radical (unpaired) electrons. The van der Waals surface area contributed by atoms with Crippen LogP contribution in [0.1, 0.15) is 27.0 Å². The van der Waals surface area contributed by atoms with Gasteiger partial charge in [0.25, 0.3) is 0 Å². The minimum absolute atomic E-state index is 0.0269. The van der Waals surface area contributed by atoms with E-state index in [1.54, 1.807) is 32.4 Å². The topological polar surface area (TPSA) is 35.5 Å². The van der Waals surface area contributed by atoms with Gasteiger partial charge in [0.15, 0.2) is 5.78 Å². The van der Waals surface area contributed by atoms with Crippen LogP contribution in [0.3, 0.4) is 0 Å². The van der Waals surface area contributed by atoms with Crippen molar-refractivity contribution in [3.05, 3.63) is 64.7 Å². The summed E-state index contributed by atoms with van der Waals surface area (Å²) in [5.41, 5.74) is 3.81. The number of carbonyl (C=O) groups is 1. The van der Waals surface area contributed by atoms with Gasteiger partial charge in [-0.3, -0.25) is 4.79 Å². The van der Waals surface area contributed by atoms with Crippen molar-refractivity contribution in [2.75, 3.05) is 14.2 Å². The summed E-state index contributed by atoms with van der Waals surface area (Å²) < 4.78 is 10.5. The summed E-state index contributed by atoms with van der Waals surface area (Å²) in [4.78, 5) is 12.3. The maximum Gasteiger partial charge on any atom is 0.185 e. The molecule has 0 fully saturated rings. The average Bonchev–Trinajstić information content (AvgIpc) is 2.54. The molecule has 0 bridgehead atoms. The molecule has 0 saturated heterocycles. The third kappa shape index (κ3) is 3.55. The van der Waals surface area contributed by atoms with Crippen LogP contribution in [0.2, 0.25) is 0 Å². The third-order valence-corrected chi connectivity index (χ3v) is 3.65. The van der Waals surface area contributed by atoms with Crippen LogP contribution in [-0.2, 0) is 0 Å².